The van der Waals surface area contributed by atoms with Gasteiger partial charge in [0.05, 0.1) is 6.61 Å². The van der Waals surface area contributed by atoms with Gasteiger partial charge in [0.15, 0.2) is 18.3 Å². The first-order chi connectivity index (χ1) is 10.4. The van der Waals surface area contributed by atoms with Crippen LogP contribution < -0.4 is 10.6 Å². The number of carboxylic acid groups (broad SMARTS) is 1. The van der Waals surface area contributed by atoms with Gasteiger partial charge in [-0.3, -0.25) is 10.4 Å². The van der Waals surface area contributed by atoms with Crippen LogP contribution >= 0.6 is 23.6 Å². The lowest BCUT2D eigenvalue weighted by Gasteiger charge is -2.36. The summed E-state index contributed by atoms with van der Waals surface area (Å²) in [5, 5.41) is 20.5. The first kappa shape index (κ1) is 19.7. The fraction of sp³-hybridized carbons (Fsp3) is 0.667. The Kier molecular flexibility index (Phi) is 6.45. The van der Waals surface area contributed by atoms with Gasteiger partial charge in [0.2, 0.25) is 5.13 Å². The molecule has 0 radical (unpaired) electrons. The summed E-state index contributed by atoms with van der Waals surface area (Å²) in [4.78, 5) is 23.2. The minimum absolute atomic E-state index is 0.0467. The summed E-state index contributed by atoms with van der Waals surface area (Å²) in [7, 11) is -2.10. The minimum atomic E-state index is -2.10. The van der Waals surface area contributed by atoms with Gasteiger partial charge < -0.3 is 14.8 Å². The Bertz CT molecular complexity index is 623. The van der Waals surface area contributed by atoms with E-state index in [0.717, 1.165) is 11.3 Å². The Labute approximate surface area is 144 Å². The molecule has 130 valence electrons. The number of H-pyrrole nitrogens is 1. The van der Waals surface area contributed by atoms with Crippen LogP contribution in [0.1, 0.15) is 20.8 Å². The van der Waals surface area contributed by atoms with Crippen molar-refractivity contribution < 1.29 is 19.1 Å². The maximum Gasteiger partial charge on any atom is 0.328 e. The summed E-state index contributed by atoms with van der Waals surface area (Å²) in [5.41, 5.74) is 0. The Morgan fingerprint density at radius 3 is 2.52 bits per heavy atom. The lowest BCUT2D eigenvalue weighted by atomic mass is 10.2. The number of nitrogens with zero attached hydrogens (tertiary/aromatic N) is 1. The number of anilines is 1. The largest absolute Gasteiger partial charge is 0.480 e. The molecular weight excluding hydrogens is 356 g/mol. The molecule has 4 N–H and O–H groups in total. The number of aromatic amines is 1. The van der Waals surface area contributed by atoms with Crippen LogP contribution in [0, 0.1) is 3.95 Å². The van der Waals surface area contributed by atoms with Crippen molar-refractivity contribution in [1.82, 2.24) is 15.5 Å². The maximum absolute atomic E-state index is 11.8. The number of amides is 2. The number of rotatable bonds is 6. The quantitative estimate of drug-likeness (QED) is 0.447. The van der Waals surface area contributed by atoms with E-state index in [2.05, 4.69) is 41.6 Å². The topological polar surface area (TPSA) is 116 Å². The molecular formula is C12H22N4O4S2Si. The van der Waals surface area contributed by atoms with Gasteiger partial charge in [-0.25, -0.2) is 9.59 Å². The van der Waals surface area contributed by atoms with E-state index >= 15 is 0 Å². The first-order valence-corrected chi connectivity index (χ1v) is 11.1. The van der Waals surface area contributed by atoms with Gasteiger partial charge in [0.25, 0.3) is 0 Å². The Balaban J connectivity index is 2.63. The summed E-state index contributed by atoms with van der Waals surface area (Å²) in [6, 6.07) is -1.81. The molecule has 0 saturated carbocycles. The van der Waals surface area contributed by atoms with Crippen LogP contribution in [-0.4, -0.2) is 48.3 Å². The molecule has 2 amide bonds. The third kappa shape index (κ3) is 6.01. The average Bonchev–Trinajstić information content (AvgIpc) is 2.78. The van der Waals surface area contributed by atoms with Crippen molar-refractivity contribution in [3.63, 3.8) is 0 Å². The van der Waals surface area contributed by atoms with E-state index < -0.39 is 26.4 Å². The van der Waals surface area contributed by atoms with Gasteiger partial charge in [-0.15, -0.1) is 5.10 Å². The molecule has 11 heteroatoms. The molecule has 1 atom stereocenters. The fourth-order valence-electron chi connectivity index (χ4n) is 1.26. The zero-order chi connectivity index (χ0) is 17.8. The number of hydrogen-bond acceptors (Lipinski definition) is 6. The van der Waals surface area contributed by atoms with Crippen LogP contribution in [0.5, 0.6) is 0 Å². The Morgan fingerprint density at radius 2 is 2.09 bits per heavy atom. The molecule has 0 spiro atoms. The molecule has 1 aromatic rings. The highest BCUT2D eigenvalue weighted by Crippen LogP contribution is 2.36. The highest BCUT2D eigenvalue weighted by atomic mass is 32.1. The lowest BCUT2D eigenvalue weighted by molar-refractivity contribution is -0.140. The number of carboxylic acids is 1. The molecule has 0 aliphatic rings. The third-order valence-electron chi connectivity index (χ3n) is 3.68. The van der Waals surface area contributed by atoms with Gasteiger partial charge in [-0.2, -0.15) is 0 Å². The molecule has 8 nitrogen and oxygen atoms in total. The standard InChI is InChI=1S/C12H22N4O4S2Si/c1-12(2,3)23(4,5)20-6-7(8(17)18)13-9(19)14-10-15-16-11(21)22-10/h7H,6H2,1-5H3,(H,16,21)(H,17,18)(H2,13,14,15,19)/t7-/m0/s1. The number of aromatic nitrogens is 2. The van der Waals surface area contributed by atoms with Crippen LogP contribution in [0.4, 0.5) is 9.93 Å². The van der Waals surface area contributed by atoms with Crippen molar-refractivity contribution in [2.24, 2.45) is 0 Å². The van der Waals surface area contributed by atoms with Gasteiger partial charge in [-0.1, -0.05) is 32.1 Å². The molecule has 0 saturated heterocycles. The zero-order valence-electron chi connectivity index (χ0n) is 13.7. The monoisotopic (exact) mass is 378 g/mol. The van der Waals surface area contributed by atoms with Gasteiger partial charge in [0.1, 0.15) is 0 Å². The summed E-state index contributed by atoms with van der Waals surface area (Å²) in [6.07, 6.45) is 0. The van der Waals surface area contributed by atoms with Crippen molar-refractivity contribution in [1.29, 1.82) is 0 Å². The molecule has 1 rings (SSSR count). The number of hydrogen-bond donors (Lipinski definition) is 4. The van der Waals surface area contributed by atoms with Crippen molar-refractivity contribution >= 4 is 49.0 Å². The average molecular weight is 379 g/mol. The summed E-state index contributed by atoms with van der Waals surface area (Å²) < 4.78 is 6.27. The van der Waals surface area contributed by atoms with Crippen molar-refractivity contribution in [3.05, 3.63) is 3.95 Å². The molecule has 0 aliphatic heterocycles. The van der Waals surface area contributed by atoms with Gasteiger partial charge in [-0.05, 0) is 30.4 Å². The molecule has 0 unspecified atom stereocenters. The number of urea groups is 1. The fourth-order valence-corrected chi connectivity index (χ4v) is 3.06. The maximum atomic E-state index is 11.8. The second-order valence-electron chi connectivity index (χ2n) is 6.48. The molecule has 0 bridgehead atoms. The molecule has 0 fully saturated rings. The summed E-state index contributed by atoms with van der Waals surface area (Å²) in [5.74, 6) is -1.16. The highest BCUT2D eigenvalue weighted by Gasteiger charge is 2.38. The predicted molar refractivity (Wildman–Crippen MR) is 94.0 cm³/mol. The molecule has 0 aliphatic carbocycles. The molecule has 1 aromatic heterocycles. The van der Waals surface area contributed by atoms with Crippen LogP contribution in [0.3, 0.4) is 0 Å². The van der Waals surface area contributed by atoms with Crippen LogP contribution in [0.15, 0.2) is 0 Å². The first-order valence-electron chi connectivity index (χ1n) is 6.92. The summed E-state index contributed by atoms with van der Waals surface area (Å²) >= 11 is 5.93. The summed E-state index contributed by atoms with van der Waals surface area (Å²) in [6.45, 7) is 10.1. The Morgan fingerprint density at radius 1 is 1.48 bits per heavy atom. The number of carbonyl (C=O) groups is 2. The second-order valence-corrected chi connectivity index (χ2v) is 13.0. The van der Waals surface area contributed by atoms with E-state index in [-0.39, 0.29) is 16.8 Å². The van der Waals surface area contributed by atoms with Gasteiger partial charge >= 0.3 is 12.0 Å². The van der Waals surface area contributed by atoms with Gasteiger partial charge in [0, 0.05) is 0 Å². The van der Waals surface area contributed by atoms with Crippen LogP contribution in [-0.2, 0) is 9.22 Å². The third-order valence-corrected chi connectivity index (χ3v) is 9.18. The van der Waals surface area contributed by atoms with Crippen molar-refractivity contribution in [3.8, 4) is 0 Å². The lowest BCUT2D eigenvalue weighted by Crippen LogP contribution is -2.50. The second kappa shape index (κ2) is 7.51. The molecule has 23 heavy (non-hydrogen) atoms. The highest BCUT2D eigenvalue weighted by molar-refractivity contribution is 7.73. The molecule has 0 aromatic carbocycles. The normalized spacial score (nSPS) is 13.4. The number of carbonyl (C=O) groups excluding carboxylic acids is 1. The Hall–Kier alpha value is -1.30. The SMILES string of the molecule is CC(C)(C)[Si](C)(C)OC[C@H](NC(=O)Nc1n[nH]c(=S)s1)C(=O)O. The van der Waals surface area contributed by atoms with Crippen molar-refractivity contribution in [2.75, 3.05) is 11.9 Å². The van der Waals surface area contributed by atoms with Crippen LogP contribution in [0.2, 0.25) is 18.1 Å². The van der Waals surface area contributed by atoms with E-state index in [9.17, 15) is 14.7 Å². The minimum Gasteiger partial charge on any atom is -0.480 e. The van der Waals surface area contributed by atoms with Crippen LogP contribution in [0.25, 0.3) is 0 Å². The predicted octanol–water partition coefficient (Wildman–Crippen LogP) is 2.80. The van der Waals surface area contributed by atoms with E-state index in [1.165, 1.54) is 0 Å². The number of aliphatic carboxylic acids is 1. The van der Waals surface area contributed by atoms with Crippen molar-refractivity contribution in [2.45, 2.75) is 44.9 Å². The van der Waals surface area contributed by atoms with E-state index in [1.54, 1.807) is 0 Å². The van der Waals surface area contributed by atoms with E-state index in [4.69, 9.17) is 16.6 Å². The van der Waals surface area contributed by atoms with E-state index in [0.29, 0.717) is 3.95 Å². The smallest absolute Gasteiger partial charge is 0.328 e. The molecule has 1 heterocycles. The van der Waals surface area contributed by atoms with E-state index in [1.807, 2.05) is 13.1 Å². The number of nitrogens with one attached hydrogen (secondary N) is 3. The zero-order valence-corrected chi connectivity index (χ0v) is 16.4.